The standard InChI is InChI=1S/C16H24FN/c1-3-18-16(14-7-8-14)6-4-5-13-9-10-15(17)11-12(13)2/h9-11,14,16,18H,3-8H2,1-2H3. The lowest BCUT2D eigenvalue weighted by atomic mass is 9.99. The zero-order chi connectivity index (χ0) is 13.0. The molecule has 2 rings (SSSR count). The number of benzene rings is 1. The van der Waals surface area contributed by atoms with E-state index in [9.17, 15) is 4.39 Å². The summed E-state index contributed by atoms with van der Waals surface area (Å²) in [6.45, 7) is 5.25. The van der Waals surface area contributed by atoms with E-state index >= 15 is 0 Å². The minimum atomic E-state index is -0.125. The first kappa shape index (κ1) is 13.5. The van der Waals surface area contributed by atoms with Crippen molar-refractivity contribution in [2.75, 3.05) is 6.54 Å². The molecule has 0 aromatic heterocycles. The SMILES string of the molecule is CCNC(CCCc1ccc(F)cc1C)C1CC1. The van der Waals surface area contributed by atoms with Crippen molar-refractivity contribution >= 4 is 0 Å². The van der Waals surface area contributed by atoms with Gasteiger partial charge in [0.2, 0.25) is 0 Å². The Kier molecular flexibility index (Phi) is 4.76. The van der Waals surface area contributed by atoms with Gasteiger partial charge in [0.1, 0.15) is 5.82 Å². The maximum absolute atomic E-state index is 13.0. The Morgan fingerprint density at radius 3 is 2.78 bits per heavy atom. The fourth-order valence-electron chi connectivity index (χ4n) is 2.72. The number of nitrogens with one attached hydrogen (secondary N) is 1. The van der Waals surface area contributed by atoms with Crippen molar-refractivity contribution < 1.29 is 4.39 Å². The third-order valence-corrected chi connectivity index (χ3v) is 3.92. The number of rotatable bonds is 7. The van der Waals surface area contributed by atoms with Crippen LogP contribution in [0, 0.1) is 18.7 Å². The van der Waals surface area contributed by atoms with Crippen LogP contribution >= 0.6 is 0 Å². The third kappa shape index (κ3) is 3.81. The Hall–Kier alpha value is -0.890. The van der Waals surface area contributed by atoms with Crippen molar-refractivity contribution in [2.45, 2.75) is 52.0 Å². The fraction of sp³-hybridized carbons (Fsp3) is 0.625. The average molecular weight is 249 g/mol. The normalized spacial score (nSPS) is 16.8. The molecule has 0 heterocycles. The van der Waals surface area contributed by atoms with Crippen LogP contribution in [0.4, 0.5) is 4.39 Å². The van der Waals surface area contributed by atoms with E-state index in [0.29, 0.717) is 6.04 Å². The van der Waals surface area contributed by atoms with E-state index in [1.807, 2.05) is 13.0 Å². The topological polar surface area (TPSA) is 12.0 Å². The predicted molar refractivity (Wildman–Crippen MR) is 74.3 cm³/mol. The van der Waals surface area contributed by atoms with Crippen LogP contribution in [0.15, 0.2) is 18.2 Å². The molecule has 18 heavy (non-hydrogen) atoms. The van der Waals surface area contributed by atoms with Crippen molar-refractivity contribution in [1.29, 1.82) is 0 Å². The Labute approximate surface area is 110 Å². The first-order valence-corrected chi connectivity index (χ1v) is 7.19. The Morgan fingerprint density at radius 2 is 2.17 bits per heavy atom. The summed E-state index contributed by atoms with van der Waals surface area (Å²) in [4.78, 5) is 0. The van der Waals surface area contributed by atoms with Crippen molar-refractivity contribution in [2.24, 2.45) is 5.92 Å². The van der Waals surface area contributed by atoms with Crippen LogP contribution in [0.2, 0.25) is 0 Å². The third-order valence-electron chi connectivity index (χ3n) is 3.92. The van der Waals surface area contributed by atoms with Crippen molar-refractivity contribution in [3.63, 3.8) is 0 Å². The second-order valence-electron chi connectivity index (χ2n) is 5.46. The largest absolute Gasteiger partial charge is 0.314 e. The van der Waals surface area contributed by atoms with E-state index in [1.54, 1.807) is 12.1 Å². The molecule has 1 atom stereocenters. The molecule has 1 nitrogen and oxygen atoms in total. The average Bonchev–Trinajstić information content (AvgIpc) is 3.15. The lowest BCUT2D eigenvalue weighted by molar-refractivity contribution is 0.434. The summed E-state index contributed by atoms with van der Waals surface area (Å²) in [5, 5.41) is 3.59. The molecule has 100 valence electrons. The molecule has 0 aliphatic heterocycles. The maximum atomic E-state index is 13.0. The van der Waals surface area contributed by atoms with Gasteiger partial charge >= 0.3 is 0 Å². The number of hydrogen-bond donors (Lipinski definition) is 1. The van der Waals surface area contributed by atoms with E-state index in [0.717, 1.165) is 24.4 Å². The monoisotopic (exact) mass is 249 g/mol. The van der Waals surface area contributed by atoms with Crippen molar-refractivity contribution in [3.05, 3.63) is 35.1 Å². The number of halogens is 1. The first-order valence-electron chi connectivity index (χ1n) is 7.19. The van der Waals surface area contributed by atoms with E-state index < -0.39 is 0 Å². The van der Waals surface area contributed by atoms with Crippen LogP contribution in [-0.4, -0.2) is 12.6 Å². The van der Waals surface area contributed by atoms with Crippen LogP contribution in [0.5, 0.6) is 0 Å². The molecule has 1 saturated carbocycles. The summed E-state index contributed by atoms with van der Waals surface area (Å²) in [6, 6.07) is 5.85. The molecule has 1 unspecified atom stereocenters. The van der Waals surface area contributed by atoms with Gasteiger partial charge < -0.3 is 5.32 Å². The predicted octanol–water partition coefficient (Wildman–Crippen LogP) is 3.84. The van der Waals surface area contributed by atoms with Gasteiger partial charge in [-0.3, -0.25) is 0 Å². The van der Waals surface area contributed by atoms with Gasteiger partial charge in [0.15, 0.2) is 0 Å². The quantitative estimate of drug-likeness (QED) is 0.774. The highest BCUT2D eigenvalue weighted by atomic mass is 19.1. The minimum Gasteiger partial charge on any atom is -0.314 e. The zero-order valence-electron chi connectivity index (χ0n) is 11.5. The Bertz CT molecular complexity index is 385. The summed E-state index contributed by atoms with van der Waals surface area (Å²) >= 11 is 0. The van der Waals surface area contributed by atoms with E-state index in [1.165, 1.54) is 31.2 Å². The van der Waals surface area contributed by atoms with Gasteiger partial charge in [0, 0.05) is 6.04 Å². The molecule has 1 aliphatic carbocycles. The van der Waals surface area contributed by atoms with Crippen LogP contribution in [0.3, 0.4) is 0 Å². The summed E-state index contributed by atoms with van der Waals surface area (Å²) in [6.07, 6.45) is 6.30. The molecule has 1 aromatic carbocycles. The second kappa shape index (κ2) is 6.33. The van der Waals surface area contributed by atoms with Gasteiger partial charge in [-0.25, -0.2) is 4.39 Å². The highest BCUT2D eigenvalue weighted by molar-refractivity contribution is 5.26. The number of hydrogen-bond acceptors (Lipinski definition) is 1. The van der Waals surface area contributed by atoms with E-state index in [2.05, 4.69) is 12.2 Å². The number of aryl methyl sites for hydroxylation is 2. The highest BCUT2D eigenvalue weighted by Gasteiger charge is 2.29. The summed E-state index contributed by atoms with van der Waals surface area (Å²) in [5.74, 6) is 0.791. The highest BCUT2D eigenvalue weighted by Crippen LogP contribution is 2.34. The van der Waals surface area contributed by atoms with E-state index in [4.69, 9.17) is 0 Å². The molecule has 0 spiro atoms. The van der Waals surface area contributed by atoms with Crippen LogP contribution in [0.25, 0.3) is 0 Å². The summed E-state index contributed by atoms with van der Waals surface area (Å²) < 4.78 is 13.0. The van der Waals surface area contributed by atoms with Crippen LogP contribution in [0.1, 0.15) is 43.7 Å². The van der Waals surface area contributed by atoms with Crippen LogP contribution in [-0.2, 0) is 6.42 Å². The van der Waals surface area contributed by atoms with Crippen LogP contribution < -0.4 is 5.32 Å². The van der Waals surface area contributed by atoms with Crippen molar-refractivity contribution in [3.8, 4) is 0 Å². The van der Waals surface area contributed by atoms with Gasteiger partial charge in [0.25, 0.3) is 0 Å². The molecule has 2 heteroatoms. The van der Waals surface area contributed by atoms with Gasteiger partial charge in [-0.1, -0.05) is 13.0 Å². The van der Waals surface area contributed by atoms with Crippen molar-refractivity contribution in [1.82, 2.24) is 5.32 Å². The molecule has 1 aromatic rings. The molecular formula is C16H24FN. The van der Waals surface area contributed by atoms with Gasteiger partial charge in [-0.05, 0) is 74.8 Å². The lowest BCUT2D eigenvalue weighted by Crippen LogP contribution is -2.30. The summed E-state index contributed by atoms with van der Waals surface area (Å²) in [7, 11) is 0. The fourth-order valence-corrected chi connectivity index (χ4v) is 2.72. The Morgan fingerprint density at radius 1 is 1.39 bits per heavy atom. The molecule has 0 bridgehead atoms. The molecule has 0 saturated heterocycles. The molecule has 1 fully saturated rings. The minimum absolute atomic E-state index is 0.125. The van der Waals surface area contributed by atoms with E-state index in [-0.39, 0.29) is 5.82 Å². The molecular weight excluding hydrogens is 225 g/mol. The van der Waals surface area contributed by atoms with Gasteiger partial charge in [-0.15, -0.1) is 0 Å². The molecule has 1 N–H and O–H groups in total. The van der Waals surface area contributed by atoms with Gasteiger partial charge in [0.05, 0.1) is 0 Å². The molecule has 0 amide bonds. The second-order valence-corrected chi connectivity index (χ2v) is 5.46. The summed E-state index contributed by atoms with van der Waals surface area (Å²) in [5.41, 5.74) is 2.38. The maximum Gasteiger partial charge on any atom is 0.123 e. The molecule has 0 radical (unpaired) electrons. The zero-order valence-corrected chi connectivity index (χ0v) is 11.5. The smallest absolute Gasteiger partial charge is 0.123 e. The van der Waals surface area contributed by atoms with Gasteiger partial charge in [-0.2, -0.15) is 0 Å². The lowest BCUT2D eigenvalue weighted by Gasteiger charge is -2.17. The Balaban J connectivity index is 1.79. The molecule has 1 aliphatic rings. The first-order chi connectivity index (χ1) is 8.70.